The monoisotopic (exact) mass is 292 g/mol. The molecule has 4 rings (SSSR count). The Balaban J connectivity index is 1.89. The van der Waals surface area contributed by atoms with E-state index in [-0.39, 0.29) is 5.41 Å². The zero-order valence-corrected chi connectivity index (χ0v) is 12.8. The molecule has 1 saturated carbocycles. The second kappa shape index (κ2) is 4.92. The van der Waals surface area contributed by atoms with E-state index in [9.17, 15) is 0 Å². The van der Waals surface area contributed by atoms with Crippen LogP contribution in [0.2, 0.25) is 0 Å². The number of H-pyrrole nitrogens is 1. The van der Waals surface area contributed by atoms with Gasteiger partial charge in [0.05, 0.1) is 6.20 Å². The molecule has 1 aliphatic carbocycles. The van der Waals surface area contributed by atoms with E-state index in [1.165, 1.54) is 41.5 Å². The molecule has 0 saturated heterocycles. The minimum absolute atomic E-state index is 0.184. The maximum absolute atomic E-state index is 6.09. The van der Waals surface area contributed by atoms with Crippen molar-refractivity contribution in [2.75, 3.05) is 6.54 Å². The smallest absolute Gasteiger partial charge is 0.155 e. The number of fused-ring (bicyclic) bond motifs is 1. The van der Waals surface area contributed by atoms with Gasteiger partial charge in [0.1, 0.15) is 0 Å². The highest BCUT2D eigenvalue weighted by molar-refractivity contribution is 5.92. The SMILES string of the molecule is Cc1cc(-c2ccnc3[nH]ncc23)cc(C2(CN)CCC2)c1. The van der Waals surface area contributed by atoms with Gasteiger partial charge in [-0.3, -0.25) is 5.10 Å². The Labute approximate surface area is 129 Å². The molecular weight excluding hydrogens is 272 g/mol. The Morgan fingerprint density at radius 2 is 2.14 bits per heavy atom. The van der Waals surface area contributed by atoms with Gasteiger partial charge < -0.3 is 5.73 Å². The predicted octanol–water partition coefficient (Wildman–Crippen LogP) is 3.31. The van der Waals surface area contributed by atoms with Gasteiger partial charge in [-0.25, -0.2) is 4.98 Å². The van der Waals surface area contributed by atoms with Gasteiger partial charge in [-0.05, 0) is 42.5 Å². The predicted molar refractivity (Wildman–Crippen MR) is 88.6 cm³/mol. The highest BCUT2D eigenvalue weighted by Gasteiger charge is 2.37. The molecule has 3 aromatic rings. The van der Waals surface area contributed by atoms with Gasteiger partial charge >= 0.3 is 0 Å². The normalized spacial score (nSPS) is 16.6. The number of nitrogens with one attached hydrogen (secondary N) is 1. The Morgan fingerprint density at radius 3 is 2.86 bits per heavy atom. The summed E-state index contributed by atoms with van der Waals surface area (Å²) in [5, 5.41) is 8.12. The fourth-order valence-corrected chi connectivity index (χ4v) is 3.56. The summed E-state index contributed by atoms with van der Waals surface area (Å²) >= 11 is 0. The van der Waals surface area contributed by atoms with Crippen LogP contribution >= 0.6 is 0 Å². The molecule has 2 heterocycles. The van der Waals surface area contributed by atoms with Crippen LogP contribution in [0.25, 0.3) is 22.2 Å². The minimum Gasteiger partial charge on any atom is -0.330 e. The third kappa shape index (κ3) is 1.95. The Bertz CT molecular complexity index is 824. The summed E-state index contributed by atoms with van der Waals surface area (Å²) in [7, 11) is 0. The molecule has 4 heteroatoms. The molecule has 1 fully saturated rings. The zero-order valence-electron chi connectivity index (χ0n) is 12.8. The summed E-state index contributed by atoms with van der Waals surface area (Å²) in [6, 6.07) is 8.89. The second-order valence-electron chi connectivity index (χ2n) is 6.42. The lowest BCUT2D eigenvalue weighted by Crippen LogP contribution is -2.41. The third-order valence-electron chi connectivity index (χ3n) is 5.06. The quantitative estimate of drug-likeness (QED) is 0.778. The first kappa shape index (κ1) is 13.5. The van der Waals surface area contributed by atoms with Crippen LogP contribution in [0.5, 0.6) is 0 Å². The van der Waals surface area contributed by atoms with Crippen molar-refractivity contribution in [1.29, 1.82) is 0 Å². The van der Waals surface area contributed by atoms with Crippen molar-refractivity contribution in [2.24, 2.45) is 5.73 Å². The van der Waals surface area contributed by atoms with E-state index < -0.39 is 0 Å². The van der Waals surface area contributed by atoms with Crippen LogP contribution in [-0.2, 0) is 5.41 Å². The first-order valence-corrected chi connectivity index (χ1v) is 7.83. The molecule has 0 atom stereocenters. The largest absolute Gasteiger partial charge is 0.330 e. The van der Waals surface area contributed by atoms with Crippen LogP contribution < -0.4 is 5.73 Å². The minimum atomic E-state index is 0.184. The fraction of sp³-hybridized carbons (Fsp3) is 0.333. The van der Waals surface area contributed by atoms with Gasteiger partial charge in [-0.2, -0.15) is 5.10 Å². The molecule has 0 radical (unpaired) electrons. The highest BCUT2D eigenvalue weighted by atomic mass is 15.1. The van der Waals surface area contributed by atoms with Crippen molar-refractivity contribution in [3.63, 3.8) is 0 Å². The maximum atomic E-state index is 6.09. The van der Waals surface area contributed by atoms with E-state index in [1.54, 1.807) is 0 Å². The molecule has 2 aromatic heterocycles. The highest BCUT2D eigenvalue weighted by Crippen LogP contribution is 2.44. The first-order chi connectivity index (χ1) is 10.7. The molecule has 3 N–H and O–H groups in total. The van der Waals surface area contributed by atoms with E-state index >= 15 is 0 Å². The van der Waals surface area contributed by atoms with Crippen molar-refractivity contribution in [2.45, 2.75) is 31.6 Å². The van der Waals surface area contributed by atoms with Gasteiger partial charge in [-0.1, -0.05) is 30.2 Å². The first-order valence-electron chi connectivity index (χ1n) is 7.83. The van der Waals surface area contributed by atoms with Crippen LogP contribution in [-0.4, -0.2) is 21.7 Å². The molecular formula is C18H20N4. The topological polar surface area (TPSA) is 67.6 Å². The van der Waals surface area contributed by atoms with Gasteiger partial charge in [0.2, 0.25) is 0 Å². The average molecular weight is 292 g/mol. The fourth-order valence-electron chi connectivity index (χ4n) is 3.56. The van der Waals surface area contributed by atoms with Crippen molar-refractivity contribution < 1.29 is 0 Å². The molecule has 0 aliphatic heterocycles. The Morgan fingerprint density at radius 1 is 1.27 bits per heavy atom. The van der Waals surface area contributed by atoms with Crippen LogP contribution in [0.1, 0.15) is 30.4 Å². The molecule has 0 unspecified atom stereocenters. The molecule has 4 nitrogen and oxygen atoms in total. The van der Waals surface area contributed by atoms with Crippen LogP contribution in [0.15, 0.2) is 36.7 Å². The number of nitrogens with zero attached hydrogens (tertiary/aromatic N) is 2. The summed E-state index contributed by atoms with van der Waals surface area (Å²) in [6.07, 6.45) is 7.36. The lowest BCUT2D eigenvalue weighted by atomic mass is 9.64. The zero-order chi connectivity index (χ0) is 15.2. The van der Waals surface area contributed by atoms with E-state index in [2.05, 4.69) is 46.4 Å². The van der Waals surface area contributed by atoms with Crippen molar-refractivity contribution >= 4 is 11.0 Å². The molecule has 1 aromatic carbocycles. The number of aromatic amines is 1. The molecule has 0 bridgehead atoms. The number of benzene rings is 1. The number of nitrogens with two attached hydrogens (primary N) is 1. The van der Waals surface area contributed by atoms with Crippen molar-refractivity contribution in [1.82, 2.24) is 15.2 Å². The van der Waals surface area contributed by atoms with Gasteiger partial charge in [0.15, 0.2) is 5.65 Å². The van der Waals surface area contributed by atoms with E-state index in [4.69, 9.17) is 5.73 Å². The Kier molecular flexibility index (Phi) is 3.01. The summed E-state index contributed by atoms with van der Waals surface area (Å²) in [6.45, 7) is 2.89. The lowest BCUT2D eigenvalue weighted by Gasteiger charge is -2.42. The van der Waals surface area contributed by atoms with Crippen LogP contribution in [0.4, 0.5) is 0 Å². The van der Waals surface area contributed by atoms with Gasteiger partial charge in [-0.15, -0.1) is 0 Å². The molecule has 22 heavy (non-hydrogen) atoms. The third-order valence-corrected chi connectivity index (χ3v) is 5.06. The number of rotatable bonds is 3. The number of hydrogen-bond donors (Lipinski definition) is 2. The summed E-state index contributed by atoms with van der Waals surface area (Å²) < 4.78 is 0. The number of aryl methyl sites for hydroxylation is 1. The second-order valence-corrected chi connectivity index (χ2v) is 6.42. The maximum Gasteiger partial charge on any atom is 0.155 e. The van der Waals surface area contributed by atoms with Crippen molar-refractivity contribution in [3.05, 3.63) is 47.8 Å². The van der Waals surface area contributed by atoms with E-state index in [1.807, 2.05) is 12.4 Å². The summed E-state index contributed by atoms with van der Waals surface area (Å²) in [5.74, 6) is 0. The number of pyridine rings is 1. The standard InChI is InChI=1S/C18H20N4/c1-12-7-13(9-14(8-12)18(11-19)4-2-5-18)15-3-6-20-17-16(15)10-21-22-17/h3,6-10H,2,4-5,11,19H2,1H3,(H,20,21,22). The average Bonchev–Trinajstić information content (AvgIpc) is 2.94. The van der Waals surface area contributed by atoms with E-state index in [0.717, 1.165) is 17.6 Å². The summed E-state index contributed by atoms with van der Waals surface area (Å²) in [5.41, 5.74) is 12.2. The molecule has 1 aliphatic rings. The van der Waals surface area contributed by atoms with Crippen LogP contribution in [0.3, 0.4) is 0 Å². The Hall–Kier alpha value is -2.20. The van der Waals surface area contributed by atoms with E-state index in [0.29, 0.717) is 0 Å². The molecule has 112 valence electrons. The van der Waals surface area contributed by atoms with Gasteiger partial charge in [0.25, 0.3) is 0 Å². The summed E-state index contributed by atoms with van der Waals surface area (Å²) in [4.78, 5) is 4.33. The van der Waals surface area contributed by atoms with Crippen LogP contribution in [0, 0.1) is 6.92 Å². The van der Waals surface area contributed by atoms with Crippen molar-refractivity contribution in [3.8, 4) is 11.1 Å². The lowest BCUT2D eigenvalue weighted by molar-refractivity contribution is 0.253. The van der Waals surface area contributed by atoms with Gasteiger partial charge in [0, 0.05) is 23.5 Å². The molecule has 0 amide bonds. The number of aromatic nitrogens is 3. The molecule has 0 spiro atoms. The number of hydrogen-bond acceptors (Lipinski definition) is 3.